The topological polar surface area (TPSA) is 46.3 Å². The monoisotopic (exact) mass is 330 g/mol. The van der Waals surface area contributed by atoms with Gasteiger partial charge in [-0.2, -0.15) is 0 Å². The second-order valence-electron chi connectivity index (χ2n) is 6.63. The predicted molar refractivity (Wildman–Crippen MR) is 89.8 cm³/mol. The van der Waals surface area contributed by atoms with Gasteiger partial charge in [-0.05, 0) is 57.4 Å². The van der Waals surface area contributed by atoms with Gasteiger partial charge in [0, 0.05) is 22.9 Å². The van der Waals surface area contributed by atoms with Gasteiger partial charge in [-0.1, -0.05) is 5.16 Å². The minimum Gasteiger partial charge on any atom is -0.361 e. The fourth-order valence-corrected chi connectivity index (χ4v) is 4.97. The molecule has 4 nitrogen and oxygen atoms in total. The molecule has 1 aliphatic carbocycles. The summed E-state index contributed by atoms with van der Waals surface area (Å²) < 4.78 is 5.24. The number of hydrogen-bond donors (Lipinski definition) is 0. The van der Waals surface area contributed by atoms with Gasteiger partial charge in [0.2, 0.25) is 0 Å². The Kier molecular flexibility index (Phi) is 3.97. The molecule has 3 heterocycles. The van der Waals surface area contributed by atoms with E-state index in [1.165, 1.54) is 23.3 Å². The first-order valence-corrected chi connectivity index (χ1v) is 9.45. The van der Waals surface area contributed by atoms with Crippen molar-refractivity contribution in [3.8, 4) is 0 Å². The maximum atomic E-state index is 13.2. The average Bonchev–Trinajstić information content (AvgIpc) is 3.20. The molecule has 1 fully saturated rings. The van der Waals surface area contributed by atoms with Gasteiger partial charge < -0.3 is 9.42 Å². The third-order valence-corrected chi connectivity index (χ3v) is 6.13. The van der Waals surface area contributed by atoms with Crippen molar-refractivity contribution in [2.75, 3.05) is 6.54 Å². The molecular weight excluding hydrogens is 308 g/mol. The van der Waals surface area contributed by atoms with Crippen LogP contribution in [-0.2, 0) is 12.8 Å². The zero-order valence-electron chi connectivity index (χ0n) is 13.5. The van der Waals surface area contributed by atoms with Crippen molar-refractivity contribution in [2.45, 2.75) is 57.9 Å². The van der Waals surface area contributed by atoms with Crippen molar-refractivity contribution in [1.82, 2.24) is 10.1 Å². The number of thiophene rings is 1. The van der Waals surface area contributed by atoms with Crippen molar-refractivity contribution >= 4 is 17.2 Å². The molecule has 1 amide bonds. The van der Waals surface area contributed by atoms with Crippen LogP contribution in [0.25, 0.3) is 0 Å². The fourth-order valence-electron chi connectivity index (χ4n) is 3.85. The smallest absolute Gasteiger partial charge is 0.255 e. The Hall–Kier alpha value is -1.62. The number of carbonyl (C=O) groups excluding carboxylic acids is 1. The molecule has 2 aromatic rings. The summed E-state index contributed by atoms with van der Waals surface area (Å²) in [5.74, 6) is 1.00. The molecule has 0 spiro atoms. The van der Waals surface area contributed by atoms with Crippen LogP contribution < -0.4 is 0 Å². The number of likely N-dealkylation sites (tertiary alicyclic amines) is 1. The lowest BCUT2D eigenvalue weighted by Crippen LogP contribution is -2.39. The van der Waals surface area contributed by atoms with Crippen LogP contribution in [0.3, 0.4) is 0 Å². The van der Waals surface area contributed by atoms with E-state index in [0.29, 0.717) is 0 Å². The summed E-state index contributed by atoms with van der Waals surface area (Å²) in [5.41, 5.74) is 3.16. The van der Waals surface area contributed by atoms with Gasteiger partial charge >= 0.3 is 0 Å². The van der Waals surface area contributed by atoms with Crippen LogP contribution in [0.15, 0.2) is 16.0 Å². The average molecular weight is 330 g/mol. The molecule has 23 heavy (non-hydrogen) atoms. The number of hydrogen-bond acceptors (Lipinski definition) is 4. The molecule has 1 atom stereocenters. The molecule has 0 aromatic carbocycles. The Bertz CT molecular complexity index is 718. The largest absolute Gasteiger partial charge is 0.361 e. The van der Waals surface area contributed by atoms with Crippen LogP contribution >= 0.6 is 11.3 Å². The second-order valence-corrected chi connectivity index (χ2v) is 7.59. The fraction of sp³-hybridized carbons (Fsp3) is 0.556. The van der Waals surface area contributed by atoms with E-state index in [1.54, 1.807) is 11.3 Å². The Labute approximate surface area is 140 Å². The first-order chi connectivity index (χ1) is 11.2. The SMILES string of the molecule is Cc1cc([C@@H]2CCCCN2C(=O)c2csc3c2CCCC3)no1. The molecule has 0 N–H and O–H groups in total. The summed E-state index contributed by atoms with van der Waals surface area (Å²) in [4.78, 5) is 16.6. The molecule has 0 unspecified atom stereocenters. The number of nitrogens with zero attached hydrogens (tertiary/aromatic N) is 2. The Balaban J connectivity index is 1.64. The summed E-state index contributed by atoms with van der Waals surface area (Å²) in [6.07, 6.45) is 7.85. The zero-order chi connectivity index (χ0) is 15.8. The summed E-state index contributed by atoms with van der Waals surface area (Å²) in [6.45, 7) is 2.72. The molecule has 0 bridgehead atoms. The van der Waals surface area contributed by atoms with E-state index in [9.17, 15) is 4.79 Å². The molecule has 0 radical (unpaired) electrons. The molecule has 2 aromatic heterocycles. The van der Waals surface area contributed by atoms with Gasteiger partial charge in [0.1, 0.15) is 11.5 Å². The summed E-state index contributed by atoms with van der Waals surface area (Å²) >= 11 is 1.76. The van der Waals surface area contributed by atoms with E-state index in [0.717, 1.165) is 55.7 Å². The van der Waals surface area contributed by atoms with Gasteiger partial charge in [-0.25, -0.2) is 0 Å². The number of amides is 1. The standard InChI is InChI=1S/C18H22N2O2S/c1-12-10-15(19-22-12)16-7-4-5-9-20(16)18(21)14-11-23-17-8-3-2-6-13(14)17/h10-11,16H,2-9H2,1H3/t16-/m0/s1. The van der Waals surface area contributed by atoms with Crippen LogP contribution in [0.2, 0.25) is 0 Å². The first-order valence-electron chi connectivity index (χ1n) is 8.57. The number of aryl methyl sites for hydroxylation is 2. The summed E-state index contributed by atoms with van der Waals surface area (Å²) in [6, 6.07) is 2.03. The highest BCUT2D eigenvalue weighted by molar-refractivity contribution is 7.10. The minimum absolute atomic E-state index is 0.0628. The van der Waals surface area contributed by atoms with Crippen LogP contribution in [0.5, 0.6) is 0 Å². The first kappa shape index (κ1) is 14.9. The van der Waals surface area contributed by atoms with E-state index < -0.39 is 0 Å². The number of piperidine rings is 1. The van der Waals surface area contributed by atoms with Crippen LogP contribution in [0, 0.1) is 6.92 Å². The third-order valence-electron chi connectivity index (χ3n) is 5.04. The highest BCUT2D eigenvalue weighted by Crippen LogP contribution is 2.35. The molecule has 2 aliphatic rings. The predicted octanol–water partition coefficient (Wildman–Crippen LogP) is 4.29. The maximum absolute atomic E-state index is 13.2. The van der Waals surface area contributed by atoms with Crippen molar-refractivity contribution in [3.63, 3.8) is 0 Å². The van der Waals surface area contributed by atoms with E-state index in [2.05, 4.69) is 10.5 Å². The number of carbonyl (C=O) groups is 1. The highest BCUT2D eigenvalue weighted by Gasteiger charge is 2.32. The van der Waals surface area contributed by atoms with Crippen molar-refractivity contribution in [2.24, 2.45) is 0 Å². The second kappa shape index (κ2) is 6.11. The minimum atomic E-state index is 0.0628. The van der Waals surface area contributed by atoms with E-state index in [4.69, 9.17) is 4.52 Å². The molecule has 5 heteroatoms. The van der Waals surface area contributed by atoms with Gasteiger partial charge in [-0.3, -0.25) is 4.79 Å². The normalized spacial score (nSPS) is 21.3. The van der Waals surface area contributed by atoms with Crippen LogP contribution in [-0.4, -0.2) is 22.5 Å². The summed E-state index contributed by atoms with van der Waals surface area (Å²) in [7, 11) is 0. The van der Waals surface area contributed by atoms with Crippen molar-refractivity contribution in [1.29, 1.82) is 0 Å². The lowest BCUT2D eigenvalue weighted by Gasteiger charge is -2.34. The molecular formula is C18H22N2O2S. The van der Waals surface area contributed by atoms with Gasteiger partial charge in [0.15, 0.2) is 0 Å². The van der Waals surface area contributed by atoms with Crippen molar-refractivity contribution < 1.29 is 9.32 Å². The Morgan fingerprint density at radius 3 is 3.00 bits per heavy atom. The zero-order valence-corrected chi connectivity index (χ0v) is 14.3. The van der Waals surface area contributed by atoms with Crippen LogP contribution in [0.4, 0.5) is 0 Å². The third kappa shape index (κ3) is 2.71. The molecule has 0 saturated carbocycles. The highest BCUT2D eigenvalue weighted by atomic mass is 32.1. The van der Waals surface area contributed by atoms with E-state index in [-0.39, 0.29) is 11.9 Å². The number of rotatable bonds is 2. The Morgan fingerprint density at radius 2 is 2.17 bits per heavy atom. The van der Waals surface area contributed by atoms with Gasteiger partial charge in [0.25, 0.3) is 5.91 Å². The maximum Gasteiger partial charge on any atom is 0.255 e. The van der Waals surface area contributed by atoms with Crippen LogP contribution in [0.1, 0.15) is 70.4 Å². The lowest BCUT2D eigenvalue weighted by molar-refractivity contribution is 0.0601. The van der Waals surface area contributed by atoms with Gasteiger partial charge in [-0.15, -0.1) is 11.3 Å². The number of fused-ring (bicyclic) bond motifs is 1. The molecule has 1 aliphatic heterocycles. The lowest BCUT2D eigenvalue weighted by atomic mass is 9.93. The molecule has 122 valence electrons. The Morgan fingerprint density at radius 1 is 1.30 bits per heavy atom. The summed E-state index contributed by atoms with van der Waals surface area (Å²) in [5, 5.41) is 6.26. The molecule has 4 rings (SSSR count). The van der Waals surface area contributed by atoms with Gasteiger partial charge in [0.05, 0.1) is 11.6 Å². The quantitative estimate of drug-likeness (QED) is 0.825. The van der Waals surface area contributed by atoms with E-state index in [1.807, 2.05) is 17.9 Å². The van der Waals surface area contributed by atoms with Crippen molar-refractivity contribution in [3.05, 3.63) is 38.9 Å². The van der Waals surface area contributed by atoms with E-state index >= 15 is 0 Å². The number of aromatic nitrogens is 1. The molecule has 1 saturated heterocycles.